The monoisotopic (exact) mass is 233 g/mol. The van der Waals surface area contributed by atoms with Crippen LogP contribution >= 0.6 is 11.3 Å². The maximum Gasteiger partial charge on any atom is 0.405 e. The quantitative estimate of drug-likeness (QED) is 0.866. The van der Waals surface area contributed by atoms with Crippen LogP contribution in [0.5, 0.6) is 0 Å². The van der Waals surface area contributed by atoms with E-state index in [1.54, 1.807) is 11.4 Å². The van der Waals surface area contributed by atoms with E-state index in [1.807, 2.05) is 0 Å². The van der Waals surface area contributed by atoms with Gasteiger partial charge in [-0.3, -0.25) is 0 Å². The van der Waals surface area contributed by atoms with E-state index in [9.17, 15) is 13.2 Å². The van der Waals surface area contributed by atoms with Crippen molar-refractivity contribution in [3.63, 3.8) is 0 Å². The van der Waals surface area contributed by atoms with Gasteiger partial charge in [-0.25, -0.2) is 9.97 Å². The molecule has 0 aromatic carbocycles. The van der Waals surface area contributed by atoms with Crippen LogP contribution in [0, 0.1) is 0 Å². The topological polar surface area (TPSA) is 37.8 Å². The Hall–Kier alpha value is -1.37. The summed E-state index contributed by atoms with van der Waals surface area (Å²) in [6.45, 7) is -1.09. The number of nitrogens with zero attached hydrogens (tertiary/aromatic N) is 2. The van der Waals surface area contributed by atoms with Crippen molar-refractivity contribution in [1.82, 2.24) is 9.97 Å². The van der Waals surface area contributed by atoms with Crippen molar-refractivity contribution in [2.45, 2.75) is 6.18 Å². The average Bonchev–Trinajstić information content (AvgIpc) is 2.61. The highest BCUT2D eigenvalue weighted by Crippen LogP contribution is 2.25. The summed E-state index contributed by atoms with van der Waals surface area (Å²) in [5, 5.41) is 4.01. The van der Waals surface area contributed by atoms with E-state index in [4.69, 9.17) is 0 Å². The zero-order chi connectivity index (χ0) is 10.9. The summed E-state index contributed by atoms with van der Waals surface area (Å²) in [4.78, 5) is 7.69. The number of thiophene rings is 1. The molecule has 0 aliphatic carbocycles. The lowest BCUT2D eigenvalue weighted by molar-refractivity contribution is -0.115. The van der Waals surface area contributed by atoms with E-state index in [0.29, 0.717) is 10.2 Å². The minimum Gasteiger partial charge on any atom is -0.360 e. The third kappa shape index (κ3) is 2.35. The highest BCUT2D eigenvalue weighted by Gasteiger charge is 2.27. The Morgan fingerprint density at radius 2 is 2.13 bits per heavy atom. The van der Waals surface area contributed by atoms with Gasteiger partial charge >= 0.3 is 6.18 Å². The molecule has 2 rings (SSSR count). The number of fused-ring (bicyclic) bond motifs is 1. The average molecular weight is 233 g/mol. The first-order valence-corrected chi connectivity index (χ1v) is 4.93. The molecule has 0 amide bonds. The summed E-state index contributed by atoms with van der Waals surface area (Å²) >= 11 is 1.31. The molecule has 0 atom stereocenters. The molecule has 2 aromatic heterocycles. The largest absolute Gasteiger partial charge is 0.405 e. The molecular weight excluding hydrogens is 227 g/mol. The first-order valence-electron chi connectivity index (χ1n) is 4.05. The highest BCUT2D eigenvalue weighted by atomic mass is 32.1. The molecular formula is C8H6F3N3S. The number of aromatic nitrogens is 2. The highest BCUT2D eigenvalue weighted by molar-refractivity contribution is 7.17. The summed E-state index contributed by atoms with van der Waals surface area (Å²) in [6, 6.07) is 1.74. The fraction of sp³-hybridized carbons (Fsp3) is 0.250. The van der Waals surface area contributed by atoms with E-state index >= 15 is 0 Å². The molecule has 0 spiro atoms. The van der Waals surface area contributed by atoms with Gasteiger partial charge in [0.25, 0.3) is 0 Å². The van der Waals surface area contributed by atoms with Gasteiger partial charge in [0.05, 0.1) is 10.2 Å². The second-order valence-electron chi connectivity index (χ2n) is 2.83. The van der Waals surface area contributed by atoms with Gasteiger partial charge in [0, 0.05) is 0 Å². The van der Waals surface area contributed by atoms with Crippen LogP contribution in [-0.4, -0.2) is 22.7 Å². The van der Waals surface area contributed by atoms with E-state index in [-0.39, 0.29) is 5.82 Å². The van der Waals surface area contributed by atoms with Crippen molar-refractivity contribution >= 4 is 27.4 Å². The second-order valence-corrected chi connectivity index (χ2v) is 3.74. The fourth-order valence-electron chi connectivity index (χ4n) is 1.10. The van der Waals surface area contributed by atoms with Crippen LogP contribution in [0.4, 0.5) is 19.0 Å². The van der Waals surface area contributed by atoms with Crippen LogP contribution in [-0.2, 0) is 0 Å². The van der Waals surface area contributed by atoms with Gasteiger partial charge < -0.3 is 5.32 Å². The number of anilines is 1. The lowest BCUT2D eigenvalue weighted by Crippen LogP contribution is -2.21. The van der Waals surface area contributed by atoms with Crippen LogP contribution < -0.4 is 5.32 Å². The summed E-state index contributed by atoms with van der Waals surface area (Å²) in [5.41, 5.74) is 0.652. The summed E-state index contributed by atoms with van der Waals surface area (Å²) in [7, 11) is 0. The van der Waals surface area contributed by atoms with Crippen molar-refractivity contribution < 1.29 is 13.2 Å². The van der Waals surface area contributed by atoms with Gasteiger partial charge in [-0.05, 0) is 11.4 Å². The van der Waals surface area contributed by atoms with Gasteiger partial charge in [-0.15, -0.1) is 11.3 Å². The standard InChI is InChI=1S/C8H6F3N3S/c9-8(10,11)3-12-7-6-5(1-2-15-6)13-4-14-7/h1-2,4H,3H2,(H,12,13,14). The molecule has 0 fully saturated rings. The van der Waals surface area contributed by atoms with Crippen LogP contribution in [0.1, 0.15) is 0 Å². The minimum absolute atomic E-state index is 0.229. The second kappa shape index (κ2) is 3.65. The molecule has 0 unspecified atom stereocenters. The van der Waals surface area contributed by atoms with Crippen molar-refractivity contribution in [1.29, 1.82) is 0 Å². The molecule has 1 N–H and O–H groups in total. The van der Waals surface area contributed by atoms with E-state index < -0.39 is 12.7 Å². The lowest BCUT2D eigenvalue weighted by Gasteiger charge is -2.08. The smallest absolute Gasteiger partial charge is 0.360 e. The number of hydrogen-bond acceptors (Lipinski definition) is 4. The predicted octanol–water partition coefficient (Wildman–Crippen LogP) is 2.67. The Bertz CT molecular complexity index is 465. The molecule has 3 nitrogen and oxygen atoms in total. The first kappa shape index (κ1) is 10.2. The fourth-order valence-corrected chi connectivity index (χ4v) is 1.91. The van der Waals surface area contributed by atoms with Crippen molar-refractivity contribution in [2.75, 3.05) is 11.9 Å². The van der Waals surface area contributed by atoms with Gasteiger partial charge in [-0.1, -0.05) is 0 Å². The number of rotatable bonds is 2. The number of nitrogens with one attached hydrogen (secondary N) is 1. The van der Waals surface area contributed by atoms with Gasteiger partial charge in [0.1, 0.15) is 18.7 Å². The predicted molar refractivity (Wildman–Crippen MR) is 52.0 cm³/mol. The van der Waals surface area contributed by atoms with E-state index in [1.165, 1.54) is 17.7 Å². The number of alkyl halides is 3. The SMILES string of the molecule is FC(F)(F)CNc1ncnc2ccsc12. The molecule has 15 heavy (non-hydrogen) atoms. The summed E-state index contributed by atoms with van der Waals surface area (Å²) in [5.74, 6) is 0.229. The van der Waals surface area contributed by atoms with Crippen molar-refractivity contribution in [3.05, 3.63) is 17.8 Å². The van der Waals surface area contributed by atoms with Gasteiger partial charge in [-0.2, -0.15) is 13.2 Å². The molecule has 0 aliphatic rings. The van der Waals surface area contributed by atoms with Crippen molar-refractivity contribution in [3.8, 4) is 0 Å². The molecule has 0 aliphatic heterocycles. The van der Waals surface area contributed by atoms with Gasteiger partial charge in [0.2, 0.25) is 0 Å². The maximum absolute atomic E-state index is 12.0. The normalized spacial score (nSPS) is 11.9. The Morgan fingerprint density at radius 1 is 1.33 bits per heavy atom. The van der Waals surface area contributed by atoms with Crippen LogP contribution in [0.15, 0.2) is 17.8 Å². The molecule has 2 heterocycles. The Kier molecular flexibility index (Phi) is 2.47. The molecule has 0 saturated carbocycles. The Balaban J connectivity index is 2.24. The molecule has 7 heteroatoms. The number of halogens is 3. The molecule has 2 aromatic rings. The molecule has 80 valence electrons. The molecule has 0 saturated heterocycles. The third-order valence-electron chi connectivity index (χ3n) is 1.70. The number of hydrogen-bond donors (Lipinski definition) is 1. The maximum atomic E-state index is 12.0. The molecule has 0 radical (unpaired) electrons. The van der Waals surface area contributed by atoms with Crippen LogP contribution in [0.3, 0.4) is 0 Å². The molecule has 0 bridgehead atoms. The van der Waals surface area contributed by atoms with Crippen LogP contribution in [0.2, 0.25) is 0 Å². The third-order valence-corrected chi connectivity index (χ3v) is 2.61. The lowest BCUT2D eigenvalue weighted by atomic mass is 10.4. The van der Waals surface area contributed by atoms with Crippen LogP contribution in [0.25, 0.3) is 10.2 Å². The Morgan fingerprint density at radius 3 is 2.87 bits per heavy atom. The zero-order valence-corrected chi connectivity index (χ0v) is 8.19. The van der Waals surface area contributed by atoms with E-state index in [2.05, 4.69) is 15.3 Å². The summed E-state index contributed by atoms with van der Waals surface area (Å²) in [6.07, 6.45) is -3.00. The summed E-state index contributed by atoms with van der Waals surface area (Å²) < 4.78 is 36.5. The van der Waals surface area contributed by atoms with E-state index in [0.717, 1.165) is 0 Å². The minimum atomic E-state index is -4.24. The Labute approximate surface area is 87.0 Å². The van der Waals surface area contributed by atoms with Gasteiger partial charge in [0.15, 0.2) is 0 Å². The zero-order valence-electron chi connectivity index (χ0n) is 7.38. The van der Waals surface area contributed by atoms with Crippen molar-refractivity contribution in [2.24, 2.45) is 0 Å². The first-order chi connectivity index (χ1) is 7.06.